The number of fused-ring (bicyclic) bond motifs is 1. The maximum absolute atomic E-state index is 5.96. The number of hydrogen-bond acceptors (Lipinski definition) is 3. The molecule has 0 saturated heterocycles. The molecule has 0 aliphatic heterocycles. The van der Waals surface area contributed by atoms with Crippen LogP contribution in [-0.4, -0.2) is 4.98 Å². The molecule has 0 amide bonds. The maximum atomic E-state index is 5.96. The van der Waals surface area contributed by atoms with Gasteiger partial charge in [0.15, 0.2) is 0 Å². The molecule has 4 rings (SSSR count). The van der Waals surface area contributed by atoms with Crippen molar-refractivity contribution < 1.29 is 0 Å². The second-order valence-electron chi connectivity index (χ2n) is 6.18. The van der Waals surface area contributed by atoms with Crippen molar-refractivity contribution in [2.45, 2.75) is 6.92 Å². The molecule has 122 valence electrons. The Balaban J connectivity index is 1.84. The summed E-state index contributed by atoms with van der Waals surface area (Å²) >= 11 is 0. The largest absolute Gasteiger partial charge is 0.399 e. The molecule has 3 nitrogen and oxygen atoms in total. The van der Waals surface area contributed by atoms with Crippen molar-refractivity contribution in [2.75, 3.05) is 11.1 Å². The SMILES string of the molecule is Cc1cccc(Nc2nccc3c(-c4cccc(N)c4)cccc23)c1. The van der Waals surface area contributed by atoms with Crippen LogP contribution in [0.3, 0.4) is 0 Å². The zero-order valence-corrected chi connectivity index (χ0v) is 14.0. The minimum absolute atomic E-state index is 0.765. The van der Waals surface area contributed by atoms with Crippen LogP contribution in [0.1, 0.15) is 5.56 Å². The van der Waals surface area contributed by atoms with Crippen LogP contribution in [0.15, 0.2) is 79.0 Å². The Morgan fingerprint density at radius 2 is 1.68 bits per heavy atom. The fraction of sp³-hybridized carbons (Fsp3) is 0.0455. The monoisotopic (exact) mass is 325 g/mol. The highest BCUT2D eigenvalue weighted by atomic mass is 15.0. The zero-order valence-electron chi connectivity index (χ0n) is 14.0. The number of nitrogens with zero attached hydrogens (tertiary/aromatic N) is 1. The van der Waals surface area contributed by atoms with Crippen LogP contribution in [0.25, 0.3) is 21.9 Å². The number of nitrogens with two attached hydrogens (primary N) is 1. The number of aromatic nitrogens is 1. The van der Waals surface area contributed by atoms with Crippen molar-refractivity contribution in [1.82, 2.24) is 4.98 Å². The highest BCUT2D eigenvalue weighted by Gasteiger charge is 2.08. The molecule has 0 atom stereocenters. The van der Waals surface area contributed by atoms with Gasteiger partial charge in [0.2, 0.25) is 0 Å². The molecule has 1 aromatic heterocycles. The van der Waals surface area contributed by atoms with E-state index in [-0.39, 0.29) is 0 Å². The van der Waals surface area contributed by atoms with Gasteiger partial charge < -0.3 is 11.1 Å². The summed E-state index contributed by atoms with van der Waals surface area (Å²) in [7, 11) is 0. The van der Waals surface area contributed by atoms with Crippen LogP contribution < -0.4 is 11.1 Å². The normalized spacial score (nSPS) is 10.8. The summed E-state index contributed by atoms with van der Waals surface area (Å²) in [5.74, 6) is 0.855. The Hall–Kier alpha value is -3.33. The number of hydrogen-bond donors (Lipinski definition) is 2. The number of anilines is 3. The van der Waals surface area contributed by atoms with E-state index in [2.05, 4.69) is 65.8 Å². The van der Waals surface area contributed by atoms with Gasteiger partial charge in [-0.3, -0.25) is 0 Å². The van der Waals surface area contributed by atoms with Crippen LogP contribution in [-0.2, 0) is 0 Å². The van der Waals surface area contributed by atoms with Gasteiger partial charge in [0.25, 0.3) is 0 Å². The first-order valence-electron chi connectivity index (χ1n) is 8.28. The summed E-state index contributed by atoms with van der Waals surface area (Å²) in [5.41, 5.74) is 11.2. The highest BCUT2D eigenvalue weighted by molar-refractivity contribution is 6.02. The number of pyridine rings is 1. The van der Waals surface area contributed by atoms with Crippen molar-refractivity contribution in [1.29, 1.82) is 0 Å². The molecule has 0 aliphatic rings. The second kappa shape index (κ2) is 6.29. The van der Waals surface area contributed by atoms with Gasteiger partial charge in [-0.15, -0.1) is 0 Å². The van der Waals surface area contributed by atoms with Crippen LogP contribution in [0.4, 0.5) is 17.2 Å². The van der Waals surface area contributed by atoms with Crippen molar-refractivity contribution in [3.05, 3.63) is 84.6 Å². The van der Waals surface area contributed by atoms with Crippen LogP contribution in [0, 0.1) is 6.92 Å². The smallest absolute Gasteiger partial charge is 0.138 e. The lowest BCUT2D eigenvalue weighted by Crippen LogP contribution is -1.95. The number of nitrogens with one attached hydrogen (secondary N) is 1. The third kappa shape index (κ3) is 3.04. The summed E-state index contributed by atoms with van der Waals surface area (Å²) in [4.78, 5) is 4.55. The molecule has 3 aromatic carbocycles. The predicted molar refractivity (Wildman–Crippen MR) is 106 cm³/mol. The van der Waals surface area contributed by atoms with E-state index in [0.29, 0.717) is 0 Å². The summed E-state index contributed by atoms with van der Waals surface area (Å²) in [5, 5.41) is 5.68. The minimum Gasteiger partial charge on any atom is -0.399 e. The summed E-state index contributed by atoms with van der Waals surface area (Å²) in [6.07, 6.45) is 1.84. The van der Waals surface area contributed by atoms with E-state index in [4.69, 9.17) is 5.73 Å². The van der Waals surface area contributed by atoms with Gasteiger partial charge in [0, 0.05) is 23.0 Å². The van der Waals surface area contributed by atoms with E-state index < -0.39 is 0 Å². The first kappa shape index (κ1) is 15.2. The summed E-state index contributed by atoms with van der Waals surface area (Å²) < 4.78 is 0. The van der Waals surface area contributed by atoms with Crippen molar-refractivity contribution >= 4 is 28.0 Å². The van der Waals surface area contributed by atoms with Gasteiger partial charge in [-0.1, -0.05) is 42.5 Å². The molecule has 25 heavy (non-hydrogen) atoms. The Bertz CT molecular complexity index is 1050. The fourth-order valence-electron chi connectivity index (χ4n) is 3.12. The van der Waals surface area contributed by atoms with Crippen molar-refractivity contribution in [3.63, 3.8) is 0 Å². The Labute approximate surface area is 147 Å². The zero-order chi connectivity index (χ0) is 17.2. The molecular weight excluding hydrogens is 306 g/mol. The average Bonchev–Trinajstić information content (AvgIpc) is 2.62. The molecule has 1 heterocycles. The molecule has 3 heteroatoms. The average molecular weight is 325 g/mol. The number of benzene rings is 3. The van der Waals surface area contributed by atoms with E-state index in [1.54, 1.807) is 0 Å². The van der Waals surface area contributed by atoms with Gasteiger partial charge in [0.05, 0.1) is 0 Å². The molecule has 0 saturated carbocycles. The molecule has 0 fully saturated rings. The lowest BCUT2D eigenvalue weighted by molar-refractivity contribution is 1.33. The first-order chi connectivity index (χ1) is 12.2. The quantitative estimate of drug-likeness (QED) is 0.486. The first-order valence-corrected chi connectivity index (χ1v) is 8.28. The second-order valence-corrected chi connectivity index (χ2v) is 6.18. The van der Waals surface area contributed by atoms with E-state index in [0.717, 1.165) is 39.1 Å². The van der Waals surface area contributed by atoms with E-state index in [1.807, 2.05) is 30.5 Å². The number of aryl methyl sites for hydroxylation is 1. The van der Waals surface area contributed by atoms with Crippen LogP contribution in [0.5, 0.6) is 0 Å². The maximum Gasteiger partial charge on any atom is 0.138 e. The van der Waals surface area contributed by atoms with E-state index in [1.165, 1.54) is 5.56 Å². The topological polar surface area (TPSA) is 50.9 Å². The van der Waals surface area contributed by atoms with E-state index >= 15 is 0 Å². The number of nitrogen functional groups attached to an aromatic ring is 1. The lowest BCUT2D eigenvalue weighted by atomic mass is 9.98. The van der Waals surface area contributed by atoms with Gasteiger partial charge in [-0.2, -0.15) is 0 Å². The number of rotatable bonds is 3. The molecular formula is C22H19N3. The third-order valence-electron chi connectivity index (χ3n) is 4.28. The van der Waals surface area contributed by atoms with Crippen molar-refractivity contribution in [2.24, 2.45) is 0 Å². The Kier molecular flexibility index (Phi) is 3.82. The molecule has 0 bridgehead atoms. The fourth-order valence-corrected chi connectivity index (χ4v) is 3.12. The van der Waals surface area contributed by atoms with Gasteiger partial charge in [-0.25, -0.2) is 4.98 Å². The Morgan fingerprint density at radius 1 is 0.840 bits per heavy atom. The molecule has 4 aromatic rings. The summed E-state index contributed by atoms with van der Waals surface area (Å²) in [6, 6.07) is 24.6. The highest BCUT2D eigenvalue weighted by Crippen LogP contribution is 2.33. The Morgan fingerprint density at radius 3 is 2.52 bits per heavy atom. The van der Waals surface area contributed by atoms with Crippen LogP contribution >= 0.6 is 0 Å². The van der Waals surface area contributed by atoms with Gasteiger partial charge in [-0.05, 0) is 59.3 Å². The van der Waals surface area contributed by atoms with E-state index in [9.17, 15) is 0 Å². The van der Waals surface area contributed by atoms with Crippen LogP contribution in [0.2, 0.25) is 0 Å². The van der Waals surface area contributed by atoms with Gasteiger partial charge in [0.1, 0.15) is 5.82 Å². The third-order valence-corrected chi connectivity index (χ3v) is 4.28. The van der Waals surface area contributed by atoms with Gasteiger partial charge >= 0.3 is 0 Å². The summed E-state index contributed by atoms with van der Waals surface area (Å²) in [6.45, 7) is 2.08. The molecule has 0 spiro atoms. The standard InChI is InChI=1S/C22H19N3/c1-15-5-2-8-18(13-15)25-22-21-10-4-9-19(20(21)11-12-24-22)16-6-3-7-17(23)14-16/h2-14H,23H2,1H3,(H,24,25). The lowest BCUT2D eigenvalue weighted by Gasteiger charge is -2.12. The molecule has 0 aliphatic carbocycles. The molecule has 0 radical (unpaired) electrons. The molecule has 3 N–H and O–H groups in total. The molecule has 0 unspecified atom stereocenters. The predicted octanol–water partition coefficient (Wildman–Crippen LogP) is 5.54. The van der Waals surface area contributed by atoms with Crippen molar-refractivity contribution in [3.8, 4) is 11.1 Å². The minimum atomic E-state index is 0.765.